The number of piperazine rings is 1. The van der Waals surface area contributed by atoms with Crippen LogP contribution in [0, 0.1) is 11.6 Å². The number of anilines is 1. The van der Waals surface area contributed by atoms with Crippen LogP contribution in [0.4, 0.5) is 27.6 Å². The zero-order valence-electron chi connectivity index (χ0n) is 24.2. The van der Waals surface area contributed by atoms with Gasteiger partial charge < -0.3 is 24.8 Å². The lowest BCUT2D eigenvalue weighted by Gasteiger charge is -2.34. The number of amides is 4. The topological polar surface area (TPSA) is 99.3 Å². The van der Waals surface area contributed by atoms with E-state index in [-0.39, 0.29) is 30.6 Å². The molecular weight excluding hydrogens is 603 g/mol. The summed E-state index contributed by atoms with van der Waals surface area (Å²) < 4.78 is 72.2. The van der Waals surface area contributed by atoms with E-state index in [1.54, 1.807) is 24.3 Å². The van der Waals surface area contributed by atoms with Gasteiger partial charge in [0.15, 0.2) is 0 Å². The van der Waals surface area contributed by atoms with Gasteiger partial charge in [-0.1, -0.05) is 6.07 Å². The van der Waals surface area contributed by atoms with Gasteiger partial charge in [-0.2, -0.15) is 13.2 Å². The van der Waals surface area contributed by atoms with Crippen molar-refractivity contribution >= 4 is 29.3 Å². The fourth-order valence-corrected chi connectivity index (χ4v) is 4.80. The molecule has 0 spiro atoms. The molecule has 9 nitrogen and oxygen atoms in total. The molecule has 238 valence electrons. The third-order valence-electron chi connectivity index (χ3n) is 7.16. The first kappa shape index (κ1) is 32.9. The molecule has 1 aliphatic rings. The second-order valence-electron chi connectivity index (χ2n) is 10.3. The van der Waals surface area contributed by atoms with Gasteiger partial charge in [0, 0.05) is 43.9 Å². The summed E-state index contributed by atoms with van der Waals surface area (Å²) in [6.45, 7) is -1.14. The fourth-order valence-electron chi connectivity index (χ4n) is 4.80. The quantitative estimate of drug-likeness (QED) is 0.363. The van der Waals surface area contributed by atoms with E-state index in [9.17, 15) is 41.1 Å². The van der Waals surface area contributed by atoms with Gasteiger partial charge in [0.05, 0.1) is 19.2 Å². The van der Waals surface area contributed by atoms with Crippen LogP contribution in [0.15, 0.2) is 66.7 Å². The number of benzene rings is 3. The number of rotatable bonds is 9. The van der Waals surface area contributed by atoms with Crippen molar-refractivity contribution in [1.82, 2.24) is 15.1 Å². The van der Waals surface area contributed by atoms with E-state index in [0.717, 1.165) is 34.1 Å². The summed E-state index contributed by atoms with van der Waals surface area (Å²) in [7, 11) is 2.94. The smallest absolute Gasteiger partial charge is 0.416 e. The van der Waals surface area contributed by atoms with Crippen LogP contribution in [-0.2, 0) is 27.0 Å². The van der Waals surface area contributed by atoms with Crippen LogP contribution in [0.2, 0.25) is 0 Å². The van der Waals surface area contributed by atoms with E-state index in [2.05, 4.69) is 5.32 Å². The summed E-state index contributed by atoms with van der Waals surface area (Å²) in [5.41, 5.74) is -0.688. The molecule has 0 unspecified atom stereocenters. The molecule has 1 heterocycles. The molecule has 14 heteroatoms. The lowest BCUT2D eigenvalue weighted by atomic mass is 10.0. The molecule has 1 N–H and O–H groups in total. The van der Waals surface area contributed by atoms with Crippen LogP contribution in [0.25, 0.3) is 0 Å². The van der Waals surface area contributed by atoms with Gasteiger partial charge in [-0.05, 0) is 60.2 Å². The maximum Gasteiger partial charge on any atom is 0.416 e. The van der Waals surface area contributed by atoms with Gasteiger partial charge in [0.1, 0.15) is 30.0 Å². The van der Waals surface area contributed by atoms with Crippen LogP contribution >= 0.6 is 0 Å². The number of likely N-dealkylation sites (N-methyl/N-ethyl adjacent to an activating group) is 1. The first-order valence-corrected chi connectivity index (χ1v) is 13.7. The summed E-state index contributed by atoms with van der Waals surface area (Å²) in [4.78, 5) is 55.7. The molecule has 0 bridgehead atoms. The minimum absolute atomic E-state index is 0.0563. The molecule has 4 rings (SSSR count). The summed E-state index contributed by atoms with van der Waals surface area (Å²) in [6.07, 6.45) is -4.92. The van der Waals surface area contributed by atoms with E-state index in [4.69, 9.17) is 4.74 Å². The Balaban J connectivity index is 1.44. The number of methoxy groups -OCH3 is 1. The van der Waals surface area contributed by atoms with Crippen molar-refractivity contribution in [2.24, 2.45) is 0 Å². The molecular formula is C31H29F5N4O5. The second-order valence-corrected chi connectivity index (χ2v) is 10.3. The van der Waals surface area contributed by atoms with E-state index >= 15 is 0 Å². The molecule has 1 aliphatic heterocycles. The summed E-state index contributed by atoms with van der Waals surface area (Å²) in [5, 5.41) is 2.54. The highest BCUT2D eigenvalue weighted by molar-refractivity contribution is 6.00. The average molecular weight is 633 g/mol. The molecule has 3 aromatic carbocycles. The summed E-state index contributed by atoms with van der Waals surface area (Å²) in [5.74, 6) is -3.96. The van der Waals surface area contributed by atoms with Crippen molar-refractivity contribution in [2.45, 2.75) is 18.6 Å². The fraction of sp³-hybridized carbons (Fsp3) is 0.290. The van der Waals surface area contributed by atoms with Crippen LogP contribution in [-0.4, -0.2) is 79.8 Å². The number of nitrogens with one attached hydrogen (secondary N) is 1. The molecule has 1 fully saturated rings. The first-order valence-electron chi connectivity index (χ1n) is 13.7. The Morgan fingerprint density at radius 2 is 1.64 bits per heavy atom. The van der Waals surface area contributed by atoms with Gasteiger partial charge in [0.25, 0.3) is 5.91 Å². The van der Waals surface area contributed by atoms with E-state index in [1.807, 2.05) is 0 Å². The number of carbonyl (C=O) groups excluding carboxylic acids is 4. The Morgan fingerprint density at radius 3 is 2.24 bits per heavy atom. The largest absolute Gasteiger partial charge is 0.497 e. The second kappa shape index (κ2) is 13.7. The number of nitrogens with zero attached hydrogens (tertiary/aromatic N) is 3. The number of alkyl halides is 3. The van der Waals surface area contributed by atoms with Crippen molar-refractivity contribution in [3.05, 3.63) is 95.1 Å². The normalized spacial score (nSPS) is 14.2. The number of hydrogen-bond donors (Lipinski definition) is 1. The van der Waals surface area contributed by atoms with Crippen molar-refractivity contribution in [2.75, 3.05) is 45.2 Å². The standard InChI is InChI=1S/C31H29F5N4O5/c1-38(24-6-8-25(45-2)9-7-24)30(44)26(14-19-12-22(32)16-23(33)13-19)37-27(41)17-39-10-11-40(18-28(39)42)29(43)20-4-3-5-21(15-20)31(34,35)36/h3-9,12-13,15-16,26H,10-11,14,17-18H2,1-2H3,(H,37,41)/t26-/m0/s1. The molecule has 1 atom stereocenters. The summed E-state index contributed by atoms with van der Waals surface area (Å²) in [6, 6.07) is 11.8. The third kappa shape index (κ3) is 8.34. The van der Waals surface area contributed by atoms with Gasteiger partial charge in [0.2, 0.25) is 17.7 Å². The zero-order valence-corrected chi connectivity index (χ0v) is 24.2. The van der Waals surface area contributed by atoms with Gasteiger partial charge in [-0.15, -0.1) is 0 Å². The maximum atomic E-state index is 13.9. The lowest BCUT2D eigenvalue weighted by molar-refractivity contribution is -0.139. The molecule has 0 saturated carbocycles. The Bertz CT molecular complexity index is 1560. The molecule has 45 heavy (non-hydrogen) atoms. The Hall–Kier alpha value is -5.01. The van der Waals surface area contributed by atoms with Crippen molar-refractivity contribution in [3.63, 3.8) is 0 Å². The molecule has 1 saturated heterocycles. The van der Waals surface area contributed by atoms with E-state index in [1.165, 1.54) is 25.1 Å². The third-order valence-corrected chi connectivity index (χ3v) is 7.16. The Labute approximate surface area is 255 Å². The van der Waals surface area contributed by atoms with Crippen LogP contribution < -0.4 is 15.0 Å². The number of ether oxygens (including phenoxy) is 1. The first-order chi connectivity index (χ1) is 21.2. The molecule has 0 aliphatic carbocycles. The molecule has 0 aromatic heterocycles. The number of carbonyl (C=O) groups is 4. The SMILES string of the molecule is COc1ccc(N(C)C(=O)[C@H](Cc2cc(F)cc(F)c2)NC(=O)CN2CCN(C(=O)c3cccc(C(F)(F)F)c3)CC2=O)cc1. The molecule has 3 aromatic rings. The predicted octanol–water partition coefficient (Wildman–Crippen LogP) is 3.67. The minimum atomic E-state index is -4.65. The highest BCUT2D eigenvalue weighted by Gasteiger charge is 2.34. The predicted molar refractivity (Wildman–Crippen MR) is 152 cm³/mol. The van der Waals surface area contributed by atoms with Crippen molar-refractivity contribution in [1.29, 1.82) is 0 Å². The minimum Gasteiger partial charge on any atom is -0.497 e. The van der Waals surface area contributed by atoms with Gasteiger partial charge in [-0.3, -0.25) is 19.2 Å². The van der Waals surface area contributed by atoms with Crippen LogP contribution in [0.3, 0.4) is 0 Å². The van der Waals surface area contributed by atoms with Crippen LogP contribution in [0.1, 0.15) is 21.5 Å². The zero-order chi connectivity index (χ0) is 32.9. The maximum absolute atomic E-state index is 13.9. The average Bonchev–Trinajstić information content (AvgIpc) is 3.00. The van der Waals surface area contributed by atoms with E-state index < -0.39 is 66.1 Å². The Morgan fingerprint density at radius 1 is 0.978 bits per heavy atom. The monoisotopic (exact) mass is 632 g/mol. The highest BCUT2D eigenvalue weighted by Crippen LogP contribution is 2.30. The number of hydrogen-bond acceptors (Lipinski definition) is 5. The van der Waals surface area contributed by atoms with Crippen molar-refractivity contribution < 1.29 is 45.9 Å². The van der Waals surface area contributed by atoms with Crippen LogP contribution in [0.5, 0.6) is 5.75 Å². The molecule has 0 radical (unpaired) electrons. The van der Waals surface area contributed by atoms with Gasteiger partial charge >= 0.3 is 6.18 Å². The summed E-state index contributed by atoms with van der Waals surface area (Å²) >= 11 is 0. The molecule has 4 amide bonds. The lowest BCUT2D eigenvalue weighted by Crippen LogP contribution is -2.56. The highest BCUT2D eigenvalue weighted by atomic mass is 19.4. The number of halogens is 5. The van der Waals surface area contributed by atoms with Crippen molar-refractivity contribution in [3.8, 4) is 5.75 Å². The Kier molecular flexibility index (Phi) is 10.0. The van der Waals surface area contributed by atoms with Gasteiger partial charge in [-0.25, -0.2) is 8.78 Å². The van der Waals surface area contributed by atoms with E-state index in [0.29, 0.717) is 23.6 Å².